The van der Waals surface area contributed by atoms with Gasteiger partial charge in [-0.3, -0.25) is 0 Å². The van der Waals surface area contributed by atoms with Gasteiger partial charge in [-0.2, -0.15) is 9.83 Å². The zero-order valence-electron chi connectivity index (χ0n) is 21.4. The first kappa shape index (κ1) is 22.6. The van der Waals surface area contributed by atoms with Crippen molar-refractivity contribution < 1.29 is 8.98 Å². The second-order valence-electron chi connectivity index (χ2n) is 10.3. The molecule has 2 aliphatic heterocycles. The Morgan fingerprint density at radius 3 is 2.76 bits per heavy atom. The number of pyridine rings is 1. The van der Waals surface area contributed by atoms with Crippen molar-refractivity contribution in [2.75, 3.05) is 0 Å². The second kappa shape index (κ2) is 8.75. The van der Waals surface area contributed by atoms with Crippen LogP contribution in [0.15, 0.2) is 102 Å². The maximum absolute atomic E-state index is 9.40. The maximum Gasteiger partial charge on any atom is 0.213 e. The van der Waals surface area contributed by atoms with Gasteiger partial charge in [-0.25, -0.2) is 0 Å². The molecule has 4 nitrogen and oxygen atoms in total. The van der Waals surface area contributed by atoms with Gasteiger partial charge in [0.25, 0.3) is 0 Å². The highest BCUT2D eigenvalue weighted by Gasteiger charge is 2.40. The van der Waals surface area contributed by atoms with E-state index in [2.05, 4.69) is 96.3 Å². The summed E-state index contributed by atoms with van der Waals surface area (Å²) in [5.74, 6) is 0.356. The Balaban J connectivity index is 1.41. The fraction of sp³-hybridized carbons (Fsp3) is 0.176. The van der Waals surface area contributed by atoms with E-state index in [4.69, 9.17) is 4.42 Å². The quantitative estimate of drug-likeness (QED) is 0.226. The number of hydrogen-bond acceptors (Lipinski definition) is 3. The molecule has 0 fully saturated rings. The molecule has 38 heavy (non-hydrogen) atoms. The molecule has 0 bridgehead atoms. The van der Waals surface area contributed by atoms with Crippen molar-refractivity contribution in [1.29, 1.82) is 5.26 Å². The minimum Gasteiger partial charge on any atom is -0.455 e. The van der Waals surface area contributed by atoms with Crippen LogP contribution in [0, 0.1) is 11.3 Å². The summed E-state index contributed by atoms with van der Waals surface area (Å²) >= 11 is 0. The highest BCUT2D eigenvalue weighted by molar-refractivity contribution is 6.08. The maximum atomic E-state index is 9.40. The lowest BCUT2D eigenvalue weighted by Crippen LogP contribution is -2.48. The molecule has 0 aliphatic carbocycles. The van der Waals surface area contributed by atoms with Crippen molar-refractivity contribution in [2.24, 2.45) is 0 Å². The average molecular weight is 495 g/mol. The fourth-order valence-corrected chi connectivity index (χ4v) is 6.55. The van der Waals surface area contributed by atoms with Gasteiger partial charge in [-0.05, 0) is 61.2 Å². The standard InChI is InChI=1S/C34H28N3O/c1-3-29-33-23(13-16-28-27-14-11-22(20-35)19-32(27)38-34(28)33)12-15-26-24-8-4-5-9-25(24)30-10-6-7-17-37(30)31(26)18-21(2)36-29/h3-11,13-14,16-17,19,26,31,36H,2,12,15,18H2,1H3/q+1/b29-3-. The third-order valence-electron chi connectivity index (χ3n) is 8.25. The van der Waals surface area contributed by atoms with Crippen LogP contribution in [0.5, 0.6) is 0 Å². The van der Waals surface area contributed by atoms with Gasteiger partial charge in [0.05, 0.1) is 11.6 Å². The smallest absolute Gasteiger partial charge is 0.213 e. The van der Waals surface area contributed by atoms with E-state index in [1.165, 1.54) is 22.4 Å². The summed E-state index contributed by atoms with van der Waals surface area (Å²) in [6.07, 6.45) is 7.11. The molecule has 2 unspecified atom stereocenters. The summed E-state index contributed by atoms with van der Waals surface area (Å²) in [6.45, 7) is 6.55. The Kier molecular flexibility index (Phi) is 5.19. The second-order valence-corrected chi connectivity index (χ2v) is 10.3. The van der Waals surface area contributed by atoms with Crippen LogP contribution in [-0.2, 0) is 6.42 Å². The zero-order chi connectivity index (χ0) is 25.8. The van der Waals surface area contributed by atoms with Gasteiger partial charge in [0.1, 0.15) is 11.2 Å². The number of aromatic nitrogens is 1. The van der Waals surface area contributed by atoms with Gasteiger partial charge in [0.2, 0.25) is 5.69 Å². The minimum absolute atomic E-state index is 0.278. The zero-order valence-corrected chi connectivity index (χ0v) is 21.4. The van der Waals surface area contributed by atoms with Crippen molar-refractivity contribution in [3.63, 3.8) is 0 Å². The molecule has 1 N–H and O–H groups in total. The number of furan rings is 1. The van der Waals surface area contributed by atoms with Crippen LogP contribution in [0.4, 0.5) is 0 Å². The molecule has 2 atom stereocenters. The van der Waals surface area contributed by atoms with Gasteiger partial charge in [-0.15, -0.1) is 0 Å². The first-order valence-corrected chi connectivity index (χ1v) is 13.3. The van der Waals surface area contributed by atoms with Gasteiger partial charge >= 0.3 is 0 Å². The topological polar surface area (TPSA) is 52.8 Å². The monoisotopic (exact) mass is 494 g/mol. The number of nitrogens with one attached hydrogen (secondary N) is 1. The van der Waals surface area contributed by atoms with Crippen molar-refractivity contribution in [3.8, 4) is 17.3 Å². The molecule has 2 aromatic heterocycles. The Hall–Kier alpha value is -4.62. The van der Waals surface area contributed by atoms with Crippen LogP contribution in [0.3, 0.4) is 0 Å². The predicted octanol–water partition coefficient (Wildman–Crippen LogP) is 7.55. The van der Waals surface area contributed by atoms with E-state index in [1.807, 2.05) is 18.2 Å². The van der Waals surface area contributed by atoms with Crippen LogP contribution < -0.4 is 9.88 Å². The number of nitrogens with zero attached hydrogens (tertiary/aromatic N) is 2. The van der Waals surface area contributed by atoms with Gasteiger partial charge < -0.3 is 9.73 Å². The van der Waals surface area contributed by atoms with Gasteiger partial charge in [0.15, 0.2) is 12.2 Å². The summed E-state index contributed by atoms with van der Waals surface area (Å²) < 4.78 is 8.92. The lowest BCUT2D eigenvalue weighted by molar-refractivity contribution is -0.718. The fourth-order valence-electron chi connectivity index (χ4n) is 6.55. The molecule has 4 heteroatoms. The lowest BCUT2D eigenvalue weighted by Gasteiger charge is -2.32. The molecule has 0 saturated heterocycles. The first-order chi connectivity index (χ1) is 18.7. The minimum atomic E-state index is 0.278. The van der Waals surface area contributed by atoms with Crippen molar-refractivity contribution in [1.82, 2.24) is 5.32 Å². The molecule has 0 saturated carbocycles. The van der Waals surface area contributed by atoms with E-state index >= 15 is 0 Å². The molecule has 7 rings (SSSR count). The molecule has 5 aromatic rings. The van der Waals surface area contributed by atoms with Crippen molar-refractivity contribution >= 4 is 27.6 Å². The summed E-state index contributed by atoms with van der Waals surface area (Å²) in [6, 6.07) is 28.0. The third kappa shape index (κ3) is 3.39. The predicted molar refractivity (Wildman–Crippen MR) is 151 cm³/mol. The Bertz CT molecular complexity index is 1830. The van der Waals surface area contributed by atoms with Crippen LogP contribution >= 0.6 is 0 Å². The number of rotatable bonds is 0. The van der Waals surface area contributed by atoms with Gasteiger partial charge in [0, 0.05) is 57.8 Å². The number of fused-ring (bicyclic) bond motifs is 11. The summed E-state index contributed by atoms with van der Waals surface area (Å²) in [5, 5.41) is 15.2. The molecule has 0 radical (unpaired) electrons. The summed E-state index contributed by atoms with van der Waals surface area (Å²) in [5.41, 5.74) is 10.6. The van der Waals surface area contributed by atoms with Crippen molar-refractivity contribution in [3.05, 3.63) is 120 Å². The SMILES string of the molecule is C=C1CC2C(CCc3ccc4c(oc5cc(C#N)ccc54)c3/C(=C/C)N1)c1ccccc1-c1cccc[n+]12. The number of nitriles is 1. The van der Waals surface area contributed by atoms with Crippen LogP contribution in [0.1, 0.15) is 54.0 Å². The lowest BCUT2D eigenvalue weighted by atomic mass is 9.77. The molecule has 0 amide bonds. The van der Waals surface area contributed by atoms with Gasteiger partial charge in [-0.1, -0.05) is 43.0 Å². The van der Waals surface area contributed by atoms with Crippen LogP contribution in [-0.4, -0.2) is 0 Å². The molecular formula is C34H28N3O+. The highest BCUT2D eigenvalue weighted by Crippen LogP contribution is 2.44. The molecular weight excluding hydrogens is 466 g/mol. The number of aryl methyl sites for hydroxylation is 1. The largest absolute Gasteiger partial charge is 0.455 e. The molecule has 0 spiro atoms. The molecule has 2 aliphatic rings. The van der Waals surface area contributed by atoms with Crippen LogP contribution in [0.25, 0.3) is 38.9 Å². The van der Waals surface area contributed by atoms with Crippen LogP contribution in [0.2, 0.25) is 0 Å². The normalized spacial score (nSPS) is 19.7. The Labute approximate surface area is 222 Å². The van der Waals surface area contributed by atoms with E-state index in [0.29, 0.717) is 11.5 Å². The summed E-state index contributed by atoms with van der Waals surface area (Å²) in [7, 11) is 0. The number of benzene rings is 3. The first-order valence-electron chi connectivity index (χ1n) is 13.3. The third-order valence-corrected chi connectivity index (χ3v) is 8.25. The van der Waals surface area contributed by atoms with E-state index < -0.39 is 0 Å². The highest BCUT2D eigenvalue weighted by atomic mass is 16.3. The van der Waals surface area contributed by atoms with E-state index in [-0.39, 0.29) is 6.04 Å². The molecule has 184 valence electrons. The number of allylic oxidation sites excluding steroid dienone is 2. The molecule has 3 aromatic carbocycles. The van der Waals surface area contributed by atoms with E-state index in [0.717, 1.165) is 58.2 Å². The summed E-state index contributed by atoms with van der Waals surface area (Å²) in [4.78, 5) is 0. The van der Waals surface area contributed by atoms with E-state index in [9.17, 15) is 5.26 Å². The van der Waals surface area contributed by atoms with E-state index in [1.54, 1.807) is 0 Å². The number of hydrogen-bond donors (Lipinski definition) is 1. The molecule has 4 heterocycles. The Morgan fingerprint density at radius 1 is 1.05 bits per heavy atom. The van der Waals surface area contributed by atoms with Crippen molar-refractivity contribution in [2.45, 2.75) is 38.1 Å². The average Bonchev–Trinajstić information content (AvgIpc) is 3.33. The Morgan fingerprint density at radius 2 is 1.89 bits per heavy atom.